The van der Waals surface area contributed by atoms with Crippen LogP contribution in [0, 0.1) is 6.92 Å². The molecule has 18 heavy (non-hydrogen) atoms. The smallest absolute Gasteiger partial charge is 0.224 e. The molecule has 0 unspecified atom stereocenters. The van der Waals surface area contributed by atoms with Crippen LogP contribution in [-0.4, -0.2) is 10.9 Å². The molecular weight excluding hydrogens is 264 g/mol. The number of thiophene rings is 1. The molecule has 0 atom stereocenters. The molecule has 1 amide bonds. The van der Waals surface area contributed by atoms with E-state index in [2.05, 4.69) is 17.2 Å². The van der Waals surface area contributed by atoms with E-state index in [9.17, 15) is 4.79 Å². The first kappa shape index (κ1) is 13.2. The second-order valence-corrected chi connectivity index (χ2v) is 6.11. The molecule has 0 fully saturated rings. The average molecular weight is 280 g/mol. The van der Waals surface area contributed by atoms with Gasteiger partial charge in [-0.2, -0.15) is 11.3 Å². The van der Waals surface area contributed by atoms with E-state index in [1.165, 1.54) is 4.88 Å². The maximum Gasteiger partial charge on any atom is 0.224 e. The van der Waals surface area contributed by atoms with Gasteiger partial charge in [0.05, 0.1) is 23.7 Å². The lowest BCUT2D eigenvalue weighted by atomic mass is 10.2. The van der Waals surface area contributed by atoms with Crippen molar-refractivity contribution in [3.63, 3.8) is 0 Å². The Labute approximate surface area is 115 Å². The Morgan fingerprint density at radius 3 is 3.00 bits per heavy atom. The highest BCUT2D eigenvalue weighted by atomic mass is 32.1. The molecule has 2 heterocycles. The zero-order valence-corrected chi connectivity index (χ0v) is 12.2. The highest BCUT2D eigenvalue weighted by molar-refractivity contribution is 7.11. The number of rotatable bonds is 5. The molecule has 0 spiro atoms. The van der Waals surface area contributed by atoms with Gasteiger partial charge in [0.15, 0.2) is 0 Å². The van der Waals surface area contributed by atoms with Crippen molar-refractivity contribution >= 4 is 28.6 Å². The van der Waals surface area contributed by atoms with Crippen LogP contribution in [0.4, 0.5) is 0 Å². The van der Waals surface area contributed by atoms with Crippen molar-refractivity contribution in [2.24, 2.45) is 0 Å². The van der Waals surface area contributed by atoms with Crippen molar-refractivity contribution in [1.29, 1.82) is 0 Å². The minimum atomic E-state index is 0.0708. The molecule has 0 aliphatic rings. The summed E-state index contributed by atoms with van der Waals surface area (Å²) in [6.07, 6.45) is 1.38. The Hall–Kier alpha value is -1.20. The number of thiazole rings is 1. The average Bonchev–Trinajstić information content (AvgIpc) is 2.95. The summed E-state index contributed by atoms with van der Waals surface area (Å²) < 4.78 is 0. The summed E-state index contributed by atoms with van der Waals surface area (Å²) in [5, 5.41) is 8.02. The summed E-state index contributed by atoms with van der Waals surface area (Å²) in [4.78, 5) is 17.4. The zero-order chi connectivity index (χ0) is 13.0. The number of hydrogen-bond donors (Lipinski definition) is 1. The Bertz CT molecular complexity index is 517. The fraction of sp³-hybridized carbons (Fsp3) is 0.385. The van der Waals surface area contributed by atoms with E-state index >= 15 is 0 Å². The molecular formula is C13H16N2OS2. The minimum Gasteiger partial charge on any atom is -0.351 e. The molecule has 0 saturated carbocycles. The molecule has 0 saturated heterocycles. The van der Waals surface area contributed by atoms with Crippen molar-refractivity contribution < 1.29 is 4.79 Å². The van der Waals surface area contributed by atoms with Crippen LogP contribution in [0.2, 0.25) is 0 Å². The van der Waals surface area contributed by atoms with Crippen LogP contribution < -0.4 is 5.32 Å². The third-order valence-corrected chi connectivity index (χ3v) is 4.36. The van der Waals surface area contributed by atoms with Crippen LogP contribution >= 0.6 is 22.7 Å². The van der Waals surface area contributed by atoms with Crippen molar-refractivity contribution in [1.82, 2.24) is 10.3 Å². The number of nitrogens with one attached hydrogen (secondary N) is 1. The SMILES string of the molecule is CCc1nc(C)sc1CNC(=O)Cc1ccsc1. The topological polar surface area (TPSA) is 42.0 Å². The van der Waals surface area contributed by atoms with Crippen LogP contribution in [0.25, 0.3) is 0 Å². The first-order valence-corrected chi connectivity index (χ1v) is 7.68. The van der Waals surface area contributed by atoms with Gasteiger partial charge in [-0.1, -0.05) is 6.92 Å². The Kier molecular flexibility index (Phi) is 4.49. The van der Waals surface area contributed by atoms with E-state index in [4.69, 9.17) is 0 Å². The normalized spacial score (nSPS) is 10.6. The standard InChI is InChI=1S/C13H16N2OS2/c1-3-11-12(18-9(2)15-11)7-14-13(16)6-10-4-5-17-8-10/h4-5,8H,3,6-7H2,1-2H3,(H,14,16). The second-order valence-electron chi connectivity index (χ2n) is 4.04. The van der Waals surface area contributed by atoms with Crippen LogP contribution in [0.1, 0.15) is 28.1 Å². The Morgan fingerprint density at radius 1 is 1.50 bits per heavy atom. The summed E-state index contributed by atoms with van der Waals surface area (Å²) >= 11 is 3.28. The maximum absolute atomic E-state index is 11.8. The van der Waals surface area contributed by atoms with Crippen LogP contribution in [0.5, 0.6) is 0 Å². The molecule has 96 valence electrons. The second kappa shape index (κ2) is 6.11. The van der Waals surface area contributed by atoms with E-state index in [0.29, 0.717) is 13.0 Å². The molecule has 0 radical (unpaired) electrons. The van der Waals surface area contributed by atoms with E-state index in [-0.39, 0.29) is 5.91 Å². The molecule has 2 rings (SSSR count). The predicted molar refractivity (Wildman–Crippen MR) is 76.1 cm³/mol. The number of amides is 1. The quantitative estimate of drug-likeness (QED) is 0.915. The molecule has 0 aliphatic carbocycles. The van der Waals surface area contributed by atoms with E-state index < -0.39 is 0 Å². The van der Waals surface area contributed by atoms with Gasteiger partial charge in [0.25, 0.3) is 0 Å². The molecule has 3 nitrogen and oxygen atoms in total. The highest BCUT2D eigenvalue weighted by Crippen LogP contribution is 2.18. The summed E-state index contributed by atoms with van der Waals surface area (Å²) in [6, 6.07) is 1.98. The monoisotopic (exact) mass is 280 g/mol. The molecule has 5 heteroatoms. The molecule has 2 aromatic rings. The first-order chi connectivity index (χ1) is 8.69. The summed E-state index contributed by atoms with van der Waals surface area (Å²) in [7, 11) is 0. The van der Waals surface area contributed by atoms with Gasteiger partial charge < -0.3 is 5.32 Å². The third-order valence-electron chi connectivity index (χ3n) is 2.61. The van der Waals surface area contributed by atoms with Gasteiger partial charge in [0.2, 0.25) is 5.91 Å². The number of nitrogens with zero attached hydrogens (tertiary/aromatic N) is 1. The number of hydrogen-bond acceptors (Lipinski definition) is 4. The van der Waals surface area contributed by atoms with E-state index in [1.807, 2.05) is 23.8 Å². The van der Waals surface area contributed by atoms with Crippen LogP contribution in [0.3, 0.4) is 0 Å². The molecule has 1 N–H and O–H groups in total. The van der Waals surface area contributed by atoms with E-state index in [1.54, 1.807) is 22.7 Å². The summed E-state index contributed by atoms with van der Waals surface area (Å²) in [5.74, 6) is 0.0708. The number of aryl methyl sites for hydroxylation is 2. The highest BCUT2D eigenvalue weighted by Gasteiger charge is 2.09. The van der Waals surface area contributed by atoms with Gasteiger partial charge in [0, 0.05) is 4.88 Å². The number of carbonyl (C=O) groups is 1. The minimum absolute atomic E-state index is 0.0708. The zero-order valence-electron chi connectivity index (χ0n) is 10.5. The van der Waals surface area contributed by atoms with Gasteiger partial charge in [-0.3, -0.25) is 4.79 Å². The van der Waals surface area contributed by atoms with Crippen LogP contribution in [0.15, 0.2) is 16.8 Å². The molecule has 0 aromatic carbocycles. The molecule has 0 aliphatic heterocycles. The molecule has 0 bridgehead atoms. The Morgan fingerprint density at radius 2 is 2.33 bits per heavy atom. The van der Waals surface area contributed by atoms with Gasteiger partial charge in [0.1, 0.15) is 0 Å². The number of carbonyl (C=O) groups excluding carboxylic acids is 1. The maximum atomic E-state index is 11.8. The Balaban J connectivity index is 1.89. The van der Waals surface area contributed by atoms with Crippen LogP contribution in [-0.2, 0) is 24.2 Å². The van der Waals surface area contributed by atoms with Gasteiger partial charge in [-0.05, 0) is 35.7 Å². The van der Waals surface area contributed by atoms with Crippen molar-refractivity contribution in [2.75, 3.05) is 0 Å². The lowest BCUT2D eigenvalue weighted by Crippen LogP contribution is -2.24. The van der Waals surface area contributed by atoms with Crippen molar-refractivity contribution in [3.05, 3.63) is 38.0 Å². The fourth-order valence-corrected chi connectivity index (χ4v) is 3.38. The van der Waals surface area contributed by atoms with Gasteiger partial charge in [-0.15, -0.1) is 11.3 Å². The third kappa shape index (κ3) is 3.40. The van der Waals surface area contributed by atoms with E-state index in [0.717, 1.165) is 22.7 Å². The van der Waals surface area contributed by atoms with Gasteiger partial charge in [-0.25, -0.2) is 4.98 Å². The summed E-state index contributed by atoms with van der Waals surface area (Å²) in [5.41, 5.74) is 2.18. The van der Waals surface area contributed by atoms with Crippen molar-refractivity contribution in [2.45, 2.75) is 33.2 Å². The summed E-state index contributed by atoms with van der Waals surface area (Å²) in [6.45, 7) is 4.68. The fourth-order valence-electron chi connectivity index (χ4n) is 1.75. The lowest BCUT2D eigenvalue weighted by Gasteiger charge is -2.03. The number of aromatic nitrogens is 1. The predicted octanol–water partition coefficient (Wildman–Crippen LogP) is 2.93. The largest absolute Gasteiger partial charge is 0.351 e. The lowest BCUT2D eigenvalue weighted by molar-refractivity contribution is -0.120. The van der Waals surface area contributed by atoms with Gasteiger partial charge >= 0.3 is 0 Å². The van der Waals surface area contributed by atoms with Crippen molar-refractivity contribution in [3.8, 4) is 0 Å². The first-order valence-electron chi connectivity index (χ1n) is 5.92. The molecule has 2 aromatic heterocycles.